The highest BCUT2D eigenvalue weighted by molar-refractivity contribution is 5.67. The second-order valence-electron chi connectivity index (χ2n) is 3.85. The number of hydrogen-bond donors (Lipinski definition) is 1. The summed E-state index contributed by atoms with van der Waals surface area (Å²) in [5, 5.41) is 2.64. The Morgan fingerprint density at radius 1 is 1.07 bits per heavy atom. The summed E-state index contributed by atoms with van der Waals surface area (Å²) in [7, 11) is 0. The fraction of sp³-hybridized carbons (Fsp3) is 0.250. The van der Waals surface area contributed by atoms with E-state index in [9.17, 15) is 4.79 Å². The number of nitrogens with one attached hydrogen (secondary N) is 1. The first-order chi connectivity index (χ1) is 7.08. The van der Waals surface area contributed by atoms with Crippen molar-refractivity contribution in [3.63, 3.8) is 0 Å². The molecule has 0 saturated heterocycles. The van der Waals surface area contributed by atoms with E-state index in [0.29, 0.717) is 0 Å². The molecular formula is C12H13NO2. The van der Waals surface area contributed by atoms with Crippen LogP contribution in [0.25, 0.3) is 11.3 Å². The highest BCUT2D eigenvalue weighted by atomic mass is 16.5. The molecule has 3 nitrogen and oxygen atoms in total. The summed E-state index contributed by atoms with van der Waals surface area (Å²) < 4.78 is 4.68. The van der Waals surface area contributed by atoms with E-state index in [-0.39, 0.29) is 5.63 Å². The summed E-state index contributed by atoms with van der Waals surface area (Å²) in [5.41, 5.74) is 4.96. The molecule has 0 saturated carbocycles. The molecule has 2 rings (SSSR count). The first kappa shape index (κ1) is 9.77. The lowest BCUT2D eigenvalue weighted by atomic mass is 9.98. The molecule has 78 valence electrons. The Morgan fingerprint density at radius 3 is 2.13 bits per heavy atom. The second kappa shape index (κ2) is 3.42. The van der Waals surface area contributed by atoms with Crippen molar-refractivity contribution in [2.45, 2.75) is 20.8 Å². The largest absolute Gasteiger partial charge is 0.357 e. The van der Waals surface area contributed by atoms with Crippen molar-refractivity contribution in [1.29, 1.82) is 0 Å². The van der Waals surface area contributed by atoms with E-state index in [0.717, 1.165) is 22.4 Å². The molecule has 2 aromatic rings. The summed E-state index contributed by atoms with van der Waals surface area (Å²) in [4.78, 5) is 11.0. The van der Waals surface area contributed by atoms with Crippen LogP contribution >= 0.6 is 0 Å². The molecule has 0 aliphatic heterocycles. The molecule has 1 heterocycles. The van der Waals surface area contributed by atoms with E-state index >= 15 is 0 Å². The van der Waals surface area contributed by atoms with Crippen LogP contribution in [-0.2, 0) is 0 Å². The van der Waals surface area contributed by atoms with E-state index in [1.165, 1.54) is 11.6 Å². The third-order valence-corrected chi connectivity index (χ3v) is 2.47. The Balaban J connectivity index is 2.67. The lowest BCUT2D eigenvalue weighted by Crippen LogP contribution is -1.90. The Kier molecular flexibility index (Phi) is 2.23. The van der Waals surface area contributed by atoms with Crippen LogP contribution in [0.2, 0.25) is 0 Å². The Bertz CT molecular complexity index is 526. The minimum atomic E-state index is -0.343. The second-order valence-corrected chi connectivity index (χ2v) is 3.85. The van der Waals surface area contributed by atoms with E-state index in [1.807, 2.05) is 13.8 Å². The molecule has 0 bridgehead atoms. The van der Waals surface area contributed by atoms with Gasteiger partial charge in [0.1, 0.15) is 0 Å². The highest BCUT2D eigenvalue weighted by Gasteiger charge is 2.09. The van der Waals surface area contributed by atoms with Gasteiger partial charge >= 0.3 is 5.63 Å². The Morgan fingerprint density at radius 2 is 1.67 bits per heavy atom. The van der Waals surface area contributed by atoms with Crippen LogP contribution < -0.4 is 5.63 Å². The van der Waals surface area contributed by atoms with Crippen LogP contribution in [0.5, 0.6) is 0 Å². The summed E-state index contributed by atoms with van der Waals surface area (Å²) >= 11 is 0. The maximum Gasteiger partial charge on any atom is 0.357 e. The predicted molar refractivity (Wildman–Crippen MR) is 59.0 cm³/mol. The number of H-pyrrole nitrogens is 1. The number of aryl methyl sites for hydroxylation is 3. The maximum atomic E-state index is 11.0. The maximum absolute atomic E-state index is 11.0. The summed E-state index contributed by atoms with van der Waals surface area (Å²) in [6, 6.07) is 5.66. The van der Waals surface area contributed by atoms with Crippen LogP contribution in [-0.4, -0.2) is 5.16 Å². The molecule has 3 heteroatoms. The van der Waals surface area contributed by atoms with Gasteiger partial charge in [-0.25, -0.2) is 9.95 Å². The van der Waals surface area contributed by atoms with Crippen LogP contribution in [0.3, 0.4) is 0 Å². The lowest BCUT2D eigenvalue weighted by Gasteiger charge is -2.08. The Labute approximate surface area is 87.7 Å². The topological polar surface area (TPSA) is 46.0 Å². The van der Waals surface area contributed by atoms with Gasteiger partial charge in [0.05, 0.1) is 11.8 Å². The fourth-order valence-corrected chi connectivity index (χ4v) is 2.01. The minimum Gasteiger partial charge on any atom is -0.339 e. The zero-order chi connectivity index (χ0) is 11.0. The van der Waals surface area contributed by atoms with E-state index in [2.05, 4.69) is 28.7 Å². The quantitative estimate of drug-likeness (QED) is 0.774. The molecule has 0 radical (unpaired) electrons. The normalized spacial score (nSPS) is 10.6. The number of hydrogen-bond acceptors (Lipinski definition) is 2. The molecule has 1 aromatic carbocycles. The van der Waals surface area contributed by atoms with Crippen molar-refractivity contribution < 1.29 is 4.52 Å². The van der Waals surface area contributed by atoms with Crippen molar-refractivity contribution in [2.24, 2.45) is 0 Å². The average molecular weight is 203 g/mol. The first-order valence-electron chi connectivity index (χ1n) is 4.84. The zero-order valence-corrected chi connectivity index (χ0v) is 9.05. The van der Waals surface area contributed by atoms with E-state index in [4.69, 9.17) is 0 Å². The third-order valence-electron chi connectivity index (χ3n) is 2.47. The predicted octanol–water partition coefficient (Wildman–Crippen LogP) is 2.56. The number of benzene rings is 1. The molecule has 0 fully saturated rings. The molecule has 0 spiro atoms. The molecule has 0 unspecified atom stereocenters. The molecule has 0 aliphatic rings. The average Bonchev–Trinajstić information content (AvgIpc) is 2.49. The van der Waals surface area contributed by atoms with Crippen molar-refractivity contribution in [3.8, 4) is 11.3 Å². The molecule has 0 atom stereocenters. The molecule has 1 aromatic heterocycles. The van der Waals surface area contributed by atoms with Crippen LogP contribution in [0, 0.1) is 20.8 Å². The van der Waals surface area contributed by atoms with Gasteiger partial charge in [0.25, 0.3) is 0 Å². The van der Waals surface area contributed by atoms with E-state index < -0.39 is 0 Å². The van der Waals surface area contributed by atoms with Gasteiger partial charge in [-0.1, -0.05) is 17.7 Å². The molecule has 15 heavy (non-hydrogen) atoms. The van der Waals surface area contributed by atoms with Crippen molar-refractivity contribution in [2.75, 3.05) is 0 Å². The van der Waals surface area contributed by atoms with Crippen LogP contribution in [0.4, 0.5) is 0 Å². The van der Waals surface area contributed by atoms with Gasteiger partial charge in [0, 0.05) is 5.56 Å². The lowest BCUT2D eigenvalue weighted by molar-refractivity contribution is 0.393. The summed E-state index contributed by atoms with van der Waals surface area (Å²) in [5.74, 6) is 0. The molecule has 1 N–H and O–H groups in total. The van der Waals surface area contributed by atoms with Crippen molar-refractivity contribution in [3.05, 3.63) is 45.3 Å². The van der Waals surface area contributed by atoms with Gasteiger partial charge in [-0.3, -0.25) is 0 Å². The first-order valence-corrected chi connectivity index (χ1v) is 4.84. The number of rotatable bonds is 1. The smallest absolute Gasteiger partial charge is 0.339 e. The van der Waals surface area contributed by atoms with Gasteiger partial charge in [-0.05, 0) is 31.9 Å². The van der Waals surface area contributed by atoms with Gasteiger partial charge in [-0.15, -0.1) is 0 Å². The molecule has 0 amide bonds. The summed E-state index contributed by atoms with van der Waals surface area (Å²) in [6.45, 7) is 6.11. The van der Waals surface area contributed by atoms with Crippen molar-refractivity contribution in [1.82, 2.24) is 5.16 Å². The van der Waals surface area contributed by atoms with Crippen LogP contribution in [0.15, 0.2) is 27.5 Å². The highest BCUT2D eigenvalue weighted by Crippen LogP contribution is 2.25. The number of aromatic amines is 1. The molecule has 0 aliphatic carbocycles. The van der Waals surface area contributed by atoms with Gasteiger partial charge in [0.15, 0.2) is 0 Å². The SMILES string of the molecule is Cc1cc(C)c(-c2cc(=O)o[nH]2)c(C)c1. The van der Waals surface area contributed by atoms with Crippen LogP contribution in [0.1, 0.15) is 16.7 Å². The Hall–Kier alpha value is -1.77. The third kappa shape index (κ3) is 1.73. The monoisotopic (exact) mass is 203 g/mol. The summed E-state index contributed by atoms with van der Waals surface area (Å²) in [6.07, 6.45) is 0. The number of aromatic nitrogens is 1. The standard InChI is InChI=1S/C12H13NO2/c1-7-4-8(2)12(9(3)5-7)10-6-11(14)15-13-10/h4-6,13H,1-3H3. The van der Waals surface area contributed by atoms with Gasteiger partial charge < -0.3 is 4.52 Å². The fourth-order valence-electron chi connectivity index (χ4n) is 2.01. The minimum absolute atomic E-state index is 0.343. The molecular weight excluding hydrogens is 190 g/mol. The van der Waals surface area contributed by atoms with Crippen molar-refractivity contribution >= 4 is 0 Å². The van der Waals surface area contributed by atoms with E-state index in [1.54, 1.807) is 0 Å². The van der Waals surface area contributed by atoms with Gasteiger partial charge in [0.2, 0.25) is 0 Å². The van der Waals surface area contributed by atoms with Gasteiger partial charge in [-0.2, -0.15) is 0 Å². The zero-order valence-electron chi connectivity index (χ0n) is 9.05.